The summed E-state index contributed by atoms with van der Waals surface area (Å²) in [5.41, 5.74) is -1.11. The van der Waals surface area contributed by atoms with E-state index in [9.17, 15) is 41.1 Å². The van der Waals surface area contributed by atoms with Crippen LogP contribution >= 0.6 is 0 Å². The second-order valence-electron chi connectivity index (χ2n) is 9.57. The number of anilines is 1. The minimum atomic E-state index is -1.91. The monoisotopic (exact) mass is 569 g/mol. The molecule has 0 aliphatic carbocycles. The highest BCUT2D eigenvalue weighted by Crippen LogP contribution is 2.33. The van der Waals surface area contributed by atoms with Crippen molar-refractivity contribution in [2.45, 2.75) is 52.1 Å². The SMILES string of the molecule is CC(C)(C)OC(=O)CCCOc1cc(N2C(=O)C=CC2=O)c(F)cc1CCC(=O)Oc1c(F)c(F)cc(F)c1F. The molecule has 0 atom stereocenters. The molecule has 1 heterocycles. The van der Waals surface area contributed by atoms with Crippen molar-refractivity contribution in [3.63, 3.8) is 0 Å². The van der Waals surface area contributed by atoms with Gasteiger partial charge in [0.1, 0.15) is 17.2 Å². The fourth-order valence-electron chi connectivity index (χ4n) is 3.56. The van der Waals surface area contributed by atoms with Crippen LogP contribution in [0.1, 0.15) is 45.6 Å². The molecule has 0 saturated carbocycles. The second-order valence-corrected chi connectivity index (χ2v) is 9.57. The zero-order chi connectivity index (χ0) is 29.8. The van der Waals surface area contributed by atoms with E-state index in [2.05, 4.69) is 4.74 Å². The number of amides is 2. The van der Waals surface area contributed by atoms with Crippen molar-refractivity contribution in [2.75, 3.05) is 11.5 Å². The van der Waals surface area contributed by atoms with Gasteiger partial charge in [-0.3, -0.25) is 19.2 Å². The van der Waals surface area contributed by atoms with E-state index in [0.717, 1.165) is 24.3 Å². The Bertz CT molecular complexity index is 1340. The first kappa shape index (κ1) is 30.3. The van der Waals surface area contributed by atoms with Crippen LogP contribution in [0.5, 0.6) is 11.5 Å². The summed E-state index contributed by atoms with van der Waals surface area (Å²) < 4.78 is 84.7. The van der Waals surface area contributed by atoms with Crippen LogP contribution in [0.4, 0.5) is 27.6 Å². The van der Waals surface area contributed by atoms with Gasteiger partial charge < -0.3 is 14.2 Å². The maximum atomic E-state index is 15.0. The van der Waals surface area contributed by atoms with Crippen LogP contribution in [0.25, 0.3) is 0 Å². The van der Waals surface area contributed by atoms with Gasteiger partial charge in [-0.1, -0.05) is 0 Å². The molecule has 2 aromatic rings. The zero-order valence-electron chi connectivity index (χ0n) is 21.6. The van der Waals surface area contributed by atoms with E-state index in [4.69, 9.17) is 9.47 Å². The van der Waals surface area contributed by atoms with E-state index in [1.54, 1.807) is 20.8 Å². The average molecular weight is 569 g/mol. The molecular weight excluding hydrogens is 545 g/mol. The Morgan fingerprint density at radius 1 is 0.825 bits per heavy atom. The number of nitrogens with zero attached hydrogens (tertiary/aromatic N) is 1. The number of rotatable bonds is 10. The largest absolute Gasteiger partial charge is 0.493 e. The molecule has 0 unspecified atom stereocenters. The predicted octanol–water partition coefficient (Wildman–Crippen LogP) is 4.85. The number of halogens is 5. The normalized spacial score (nSPS) is 13.2. The summed E-state index contributed by atoms with van der Waals surface area (Å²) in [5.74, 6) is -13.5. The minimum absolute atomic E-state index is 0.0221. The zero-order valence-corrected chi connectivity index (χ0v) is 21.6. The van der Waals surface area contributed by atoms with Gasteiger partial charge in [-0.05, 0) is 45.2 Å². The molecule has 0 spiro atoms. The van der Waals surface area contributed by atoms with Gasteiger partial charge in [-0.25, -0.2) is 18.1 Å². The Morgan fingerprint density at radius 3 is 2.00 bits per heavy atom. The van der Waals surface area contributed by atoms with Crippen LogP contribution in [-0.2, 0) is 30.3 Å². The fourth-order valence-corrected chi connectivity index (χ4v) is 3.56. The van der Waals surface area contributed by atoms with Crippen LogP contribution in [0.15, 0.2) is 30.4 Å². The van der Waals surface area contributed by atoms with Crippen LogP contribution in [-0.4, -0.2) is 36.0 Å². The highest BCUT2D eigenvalue weighted by Gasteiger charge is 2.29. The highest BCUT2D eigenvalue weighted by atomic mass is 19.2. The summed E-state index contributed by atoms with van der Waals surface area (Å²) in [6.07, 6.45) is 1.03. The maximum Gasteiger partial charge on any atom is 0.311 e. The summed E-state index contributed by atoms with van der Waals surface area (Å²) in [6, 6.07) is 1.88. The molecule has 0 fully saturated rings. The number of carbonyl (C=O) groups excluding carboxylic acids is 4. The molecule has 3 rings (SSSR count). The summed E-state index contributed by atoms with van der Waals surface area (Å²) in [6.45, 7) is 4.99. The van der Waals surface area contributed by atoms with E-state index < -0.39 is 76.3 Å². The summed E-state index contributed by atoms with van der Waals surface area (Å²) >= 11 is 0. The lowest BCUT2D eigenvalue weighted by Crippen LogP contribution is -2.30. The van der Waals surface area contributed by atoms with Gasteiger partial charge >= 0.3 is 11.9 Å². The van der Waals surface area contributed by atoms with Gasteiger partial charge in [-0.2, -0.15) is 8.78 Å². The molecule has 0 bridgehead atoms. The fraction of sp³-hybridized carbons (Fsp3) is 0.333. The van der Waals surface area contributed by atoms with Crippen molar-refractivity contribution in [3.05, 3.63) is 65.0 Å². The number of aryl methyl sites for hydroxylation is 1. The van der Waals surface area contributed by atoms with Gasteiger partial charge in [0.05, 0.1) is 18.7 Å². The third-order valence-electron chi connectivity index (χ3n) is 5.27. The molecule has 0 N–H and O–H groups in total. The molecule has 2 aromatic carbocycles. The molecule has 1 aliphatic rings. The molecule has 40 heavy (non-hydrogen) atoms. The topological polar surface area (TPSA) is 99.2 Å². The summed E-state index contributed by atoms with van der Waals surface area (Å²) in [4.78, 5) is 48.8. The van der Waals surface area contributed by atoms with E-state index >= 15 is 0 Å². The van der Waals surface area contributed by atoms with Crippen molar-refractivity contribution < 1.29 is 55.3 Å². The first-order valence-electron chi connectivity index (χ1n) is 11.9. The van der Waals surface area contributed by atoms with Crippen molar-refractivity contribution in [2.24, 2.45) is 0 Å². The average Bonchev–Trinajstić information content (AvgIpc) is 3.19. The number of hydrogen-bond donors (Lipinski definition) is 0. The number of hydrogen-bond acceptors (Lipinski definition) is 7. The van der Waals surface area contributed by atoms with Gasteiger partial charge in [0.2, 0.25) is 17.4 Å². The first-order chi connectivity index (χ1) is 18.7. The first-order valence-corrected chi connectivity index (χ1v) is 11.9. The number of ether oxygens (including phenoxy) is 3. The van der Waals surface area contributed by atoms with E-state index in [1.807, 2.05) is 0 Å². The van der Waals surface area contributed by atoms with Crippen molar-refractivity contribution in [1.29, 1.82) is 0 Å². The Morgan fingerprint density at radius 2 is 1.43 bits per heavy atom. The molecular formula is C27H24F5NO7. The van der Waals surface area contributed by atoms with Crippen LogP contribution in [0.3, 0.4) is 0 Å². The molecule has 0 saturated heterocycles. The Balaban J connectivity index is 1.77. The van der Waals surface area contributed by atoms with Crippen LogP contribution in [0, 0.1) is 29.1 Å². The number of esters is 2. The van der Waals surface area contributed by atoms with Gasteiger partial charge in [0, 0.05) is 30.7 Å². The molecule has 13 heteroatoms. The number of imide groups is 1. The highest BCUT2D eigenvalue weighted by molar-refractivity contribution is 6.28. The van der Waals surface area contributed by atoms with Crippen LogP contribution < -0.4 is 14.4 Å². The molecule has 2 amide bonds. The smallest absolute Gasteiger partial charge is 0.311 e. The van der Waals surface area contributed by atoms with Gasteiger partial charge in [0.25, 0.3) is 11.8 Å². The maximum absolute atomic E-state index is 15.0. The van der Waals surface area contributed by atoms with Crippen molar-refractivity contribution >= 4 is 29.4 Å². The standard InChI is InChI=1S/C27H24F5NO7/c1-27(2,3)40-23(37)5-4-10-38-19-13-18(33-20(34)7-8-21(33)35)15(28)11-14(19)6-9-22(36)39-26-24(31)16(29)12-17(30)25(26)32/h7-8,11-13H,4-6,9-10H2,1-3H3. The predicted molar refractivity (Wildman–Crippen MR) is 129 cm³/mol. The third kappa shape index (κ3) is 7.42. The number of benzene rings is 2. The van der Waals surface area contributed by atoms with Crippen molar-refractivity contribution in [3.8, 4) is 11.5 Å². The quantitative estimate of drug-likeness (QED) is 0.101. The van der Waals surface area contributed by atoms with Gasteiger partial charge in [0.15, 0.2) is 11.6 Å². The Hall–Kier alpha value is -4.29. The van der Waals surface area contributed by atoms with Gasteiger partial charge in [-0.15, -0.1) is 0 Å². The Kier molecular flexibility index (Phi) is 9.28. The lowest BCUT2D eigenvalue weighted by molar-refractivity contribution is -0.155. The second kappa shape index (κ2) is 12.3. The molecule has 214 valence electrons. The van der Waals surface area contributed by atoms with E-state index in [0.29, 0.717) is 4.90 Å². The minimum Gasteiger partial charge on any atom is -0.493 e. The Labute approximate surface area is 225 Å². The van der Waals surface area contributed by atoms with Crippen LogP contribution in [0.2, 0.25) is 0 Å². The van der Waals surface area contributed by atoms with E-state index in [-0.39, 0.29) is 43.2 Å². The van der Waals surface area contributed by atoms with E-state index in [1.165, 1.54) is 0 Å². The summed E-state index contributed by atoms with van der Waals surface area (Å²) in [5, 5.41) is 0. The molecule has 0 aromatic heterocycles. The molecule has 0 radical (unpaired) electrons. The van der Waals surface area contributed by atoms with Crippen molar-refractivity contribution in [1.82, 2.24) is 0 Å². The number of carbonyl (C=O) groups is 4. The lowest BCUT2D eigenvalue weighted by atomic mass is 10.1. The summed E-state index contributed by atoms with van der Waals surface area (Å²) in [7, 11) is 0. The third-order valence-corrected chi connectivity index (χ3v) is 5.27. The molecule has 1 aliphatic heterocycles. The lowest BCUT2D eigenvalue weighted by Gasteiger charge is -2.20. The molecule has 8 nitrogen and oxygen atoms in total.